The van der Waals surface area contributed by atoms with Crippen LogP contribution in [0, 0.1) is 6.92 Å². The van der Waals surface area contributed by atoms with Gasteiger partial charge in [-0.25, -0.2) is 0 Å². The van der Waals surface area contributed by atoms with Crippen LogP contribution in [0.1, 0.15) is 5.56 Å². The van der Waals surface area contributed by atoms with E-state index in [-0.39, 0.29) is 0 Å². The molecule has 3 heteroatoms. The molecular formula is C12H13NO2. The summed E-state index contributed by atoms with van der Waals surface area (Å²) in [5, 5.41) is 0.983. The lowest BCUT2D eigenvalue weighted by molar-refractivity contribution is 0.409. The highest BCUT2D eigenvalue weighted by molar-refractivity contribution is 5.90. The standard InChI is InChI=1S/C12H13NO2/c1-8-6-9-10(14-2)4-5-11(15-3)12(9)13-7-8/h4-7H,1-3H3. The van der Waals surface area contributed by atoms with E-state index in [1.807, 2.05) is 31.3 Å². The highest BCUT2D eigenvalue weighted by Gasteiger charge is 2.07. The number of rotatable bonds is 2. The number of pyridine rings is 1. The minimum Gasteiger partial charge on any atom is -0.496 e. The number of ether oxygens (including phenoxy) is 2. The SMILES string of the molecule is COc1ccc(OC)c2ncc(C)cc12. The molecule has 0 aliphatic carbocycles. The zero-order valence-electron chi connectivity index (χ0n) is 9.07. The number of nitrogens with zero attached hydrogens (tertiary/aromatic N) is 1. The van der Waals surface area contributed by atoms with E-state index < -0.39 is 0 Å². The maximum absolute atomic E-state index is 5.29. The van der Waals surface area contributed by atoms with Gasteiger partial charge in [-0.05, 0) is 30.7 Å². The van der Waals surface area contributed by atoms with E-state index in [9.17, 15) is 0 Å². The summed E-state index contributed by atoms with van der Waals surface area (Å²) in [4.78, 5) is 4.36. The monoisotopic (exact) mass is 203 g/mol. The van der Waals surface area contributed by atoms with Gasteiger partial charge in [-0.1, -0.05) is 0 Å². The van der Waals surface area contributed by atoms with Crippen LogP contribution in [-0.2, 0) is 0 Å². The van der Waals surface area contributed by atoms with Crippen LogP contribution in [-0.4, -0.2) is 19.2 Å². The molecule has 2 aromatic rings. The molecule has 0 aliphatic heterocycles. The fourth-order valence-corrected chi connectivity index (χ4v) is 1.62. The normalized spacial score (nSPS) is 10.3. The Morgan fingerprint density at radius 3 is 2.40 bits per heavy atom. The molecule has 0 unspecified atom stereocenters. The lowest BCUT2D eigenvalue weighted by atomic mass is 10.1. The Bertz CT molecular complexity index is 494. The lowest BCUT2D eigenvalue weighted by Gasteiger charge is -2.09. The summed E-state index contributed by atoms with van der Waals surface area (Å²) >= 11 is 0. The average molecular weight is 203 g/mol. The van der Waals surface area contributed by atoms with Gasteiger partial charge in [0.25, 0.3) is 0 Å². The van der Waals surface area contributed by atoms with Gasteiger partial charge in [0.1, 0.15) is 17.0 Å². The number of methoxy groups -OCH3 is 2. The van der Waals surface area contributed by atoms with Crippen LogP contribution in [0.2, 0.25) is 0 Å². The van der Waals surface area contributed by atoms with Crippen LogP contribution >= 0.6 is 0 Å². The van der Waals surface area contributed by atoms with Crippen LogP contribution in [0.25, 0.3) is 10.9 Å². The van der Waals surface area contributed by atoms with Crippen molar-refractivity contribution < 1.29 is 9.47 Å². The van der Waals surface area contributed by atoms with Gasteiger partial charge >= 0.3 is 0 Å². The molecule has 1 aromatic carbocycles. The molecule has 0 aliphatic rings. The highest BCUT2D eigenvalue weighted by Crippen LogP contribution is 2.31. The first-order chi connectivity index (χ1) is 7.26. The molecule has 1 heterocycles. The van der Waals surface area contributed by atoms with Gasteiger partial charge in [0.2, 0.25) is 0 Å². The molecule has 0 saturated heterocycles. The van der Waals surface area contributed by atoms with Crippen molar-refractivity contribution >= 4 is 10.9 Å². The van der Waals surface area contributed by atoms with Gasteiger partial charge in [0.05, 0.1) is 14.2 Å². The first-order valence-electron chi connectivity index (χ1n) is 4.73. The molecule has 78 valence electrons. The molecule has 0 amide bonds. The van der Waals surface area contributed by atoms with Crippen molar-refractivity contribution in [3.8, 4) is 11.5 Å². The summed E-state index contributed by atoms with van der Waals surface area (Å²) in [5.74, 6) is 1.59. The molecule has 0 atom stereocenters. The fraction of sp³-hybridized carbons (Fsp3) is 0.250. The Hall–Kier alpha value is -1.77. The van der Waals surface area contributed by atoms with E-state index in [4.69, 9.17) is 9.47 Å². The molecule has 0 N–H and O–H groups in total. The molecule has 0 fully saturated rings. The van der Waals surface area contributed by atoms with E-state index in [1.54, 1.807) is 14.2 Å². The number of hydrogen-bond acceptors (Lipinski definition) is 3. The van der Waals surface area contributed by atoms with Crippen molar-refractivity contribution in [3.05, 3.63) is 30.0 Å². The Balaban J connectivity index is 2.80. The van der Waals surface area contributed by atoms with Gasteiger partial charge in [-0.2, -0.15) is 0 Å². The molecule has 0 radical (unpaired) electrons. The molecule has 15 heavy (non-hydrogen) atoms. The van der Waals surface area contributed by atoms with Crippen molar-refractivity contribution in [1.29, 1.82) is 0 Å². The number of aromatic nitrogens is 1. The number of fused-ring (bicyclic) bond motifs is 1. The Morgan fingerprint density at radius 2 is 1.73 bits per heavy atom. The third kappa shape index (κ3) is 1.61. The summed E-state index contributed by atoms with van der Waals surface area (Å²) in [6.45, 7) is 2.01. The molecule has 0 saturated carbocycles. The number of benzene rings is 1. The fourth-order valence-electron chi connectivity index (χ4n) is 1.62. The summed E-state index contributed by atoms with van der Waals surface area (Å²) in [5.41, 5.74) is 1.94. The Labute approximate surface area is 88.7 Å². The van der Waals surface area contributed by atoms with E-state index >= 15 is 0 Å². The summed E-state index contributed by atoms with van der Waals surface area (Å²) < 4.78 is 10.5. The minimum atomic E-state index is 0.769. The van der Waals surface area contributed by atoms with E-state index in [0.717, 1.165) is 28.0 Å². The lowest BCUT2D eigenvalue weighted by Crippen LogP contribution is -1.91. The summed E-state index contributed by atoms with van der Waals surface area (Å²) in [6.07, 6.45) is 1.82. The van der Waals surface area contributed by atoms with Crippen LogP contribution in [0.15, 0.2) is 24.4 Å². The van der Waals surface area contributed by atoms with Gasteiger partial charge < -0.3 is 9.47 Å². The van der Waals surface area contributed by atoms with Crippen molar-refractivity contribution in [2.75, 3.05) is 14.2 Å². The maximum Gasteiger partial charge on any atom is 0.145 e. The van der Waals surface area contributed by atoms with Crippen LogP contribution in [0.5, 0.6) is 11.5 Å². The van der Waals surface area contributed by atoms with Gasteiger partial charge in [-0.15, -0.1) is 0 Å². The largest absolute Gasteiger partial charge is 0.496 e. The summed E-state index contributed by atoms with van der Waals surface area (Å²) in [7, 11) is 3.30. The van der Waals surface area contributed by atoms with Crippen LogP contribution in [0.3, 0.4) is 0 Å². The van der Waals surface area contributed by atoms with Gasteiger partial charge in [0, 0.05) is 11.6 Å². The molecule has 2 rings (SSSR count). The average Bonchev–Trinajstić information content (AvgIpc) is 2.27. The zero-order valence-corrected chi connectivity index (χ0v) is 9.07. The first-order valence-corrected chi connectivity index (χ1v) is 4.73. The third-order valence-electron chi connectivity index (χ3n) is 2.35. The van der Waals surface area contributed by atoms with Crippen molar-refractivity contribution in [2.24, 2.45) is 0 Å². The highest BCUT2D eigenvalue weighted by atomic mass is 16.5. The number of hydrogen-bond donors (Lipinski definition) is 0. The van der Waals surface area contributed by atoms with E-state index in [1.165, 1.54) is 0 Å². The predicted molar refractivity (Wildman–Crippen MR) is 59.6 cm³/mol. The van der Waals surface area contributed by atoms with Crippen molar-refractivity contribution in [3.63, 3.8) is 0 Å². The molecule has 0 bridgehead atoms. The number of aryl methyl sites for hydroxylation is 1. The summed E-state index contributed by atoms with van der Waals surface area (Å²) in [6, 6.07) is 5.80. The van der Waals surface area contributed by atoms with Crippen molar-refractivity contribution in [2.45, 2.75) is 6.92 Å². The third-order valence-corrected chi connectivity index (χ3v) is 2.35. The minimum absolute atomic E-state index is 0.769. The van der Waals surface area contributed by atoms with Gasteiger partial charge in [0.15, 0.2) is 0 Å². The second kappa shape index (κ2) is 3.77. The molecular weight excluding hydrogens is 190 g/mol. The predicted octanol–water partition coefficient (Wildman–Crippen LogP) is 2.56. The van der Waals surface area contributed by atoms with Crippen molar-refractivity contribution in [1.82, 2.24) is 4.98 Å². The second-order valence-electron chi connectivity index (χ2n) is 3.38. The van der Waals surface area contributed by atoms with Crippen LogP contribution < -0.4 is 9.47 Å². The van der Waals surface area contributed by atoms with E-state index in [2.05, 4.69) is 4.98 Å². The molecule has 0 spiro atoms. The van der Waals surface area contributed by atoms with E-state index in [0.29, 0.717) is 0 Å². The quantitative estimate of drug-likeness (QED) is 0.751. The zero-order chi connectivity index (χ0) is 10.8. The van der Waals surface area contributed by atoms with Crippen LogP contribution in [0.4, 0.5) is 0 Å². The Morgan fingerprint density at radius 1 is 1.07 bits per heavy atom. The Kier molecular flexibility index (Phi) is 2.46. The topological polar surface area (TPSA) is 31.4 Å². The molecule has 3 nitrogen and oxygen atoms in total. The smallest absolute Gasteiger partial charge is 0.145 e. The molecule has 1 aromatic heterocycles. The maximum atomic E-state index is 5.29. The first kappa shape index (κ1) is 9.77. The second-order valence-corrected chi connectivity index (χ2v) is 3.38. The van der Waals surface area contributed by atoms with Gasteiger partial charge in [-0.3, -0.25) is 4.98 Å².